The molecule has 6 amide bonds. The quantitative estimate of drug-likeness (QED) is 0.0683. The summed E-state index contributed by atoms with van der Waals surface area (Å²) in [6.07, 6.45) is 4.15. The van der Waals surface area contributed by atoms with Gasteiger partial charge in [0.15, 0.2) is 5.17 Å². The van der Waals surface area contributed by atoms with Gasteiger partial charge in [-0.3, -0.25) is 24.2 Å². The van der Waals surface area contributed by atoms with Crippen LogP contribution in [0.4, 0.5) is 9.59 Å². The molecule has 2 aliphatic heterocycles. The van der Waals surface area contributed by atoms with Crippen molar-refractivity contribution in [2.75, 3.05) is 19.6 Å². The van der Waals surface area contributed by atoms with Gasteiger partial charge < -0.3 is 41.0 Å². The lowest BCUT2D eigenvalue weighted by Gasteiger charge is -2.31. The van der Waals surface area contributed by atoms with Crippen LogP contribution in [0.2, 0.25) is 0 Å². The molecule has 2 aromatic carbocycles. The van der Waals surface area contributed by atoms with Crippen LogP contribution in [0.15, 0.2) is 77.3 Å². The maximum atomic E-state index is 14.7. The number of likely N-dealkylation sites (tertiary alicyclic amines) is 1. The number of rotatable bonds is 20. The minimum atomic E-state index is -1.03. The number of carbonyl (C=O) groups is 6. The SMILES string of the molecule is C/C(=C\[C@@H](Cc1ccccc1)C(=O)N1CCC[C@H]1C(=O)N[C@H](C(=O)N[C@@H](CCCNC(=O)OCc1ccccc1)C(=O)NC1=NCCC(C)S1)C(C)C)[C@H](CC(C)C)NC(=O)OC(C)(C)C. The number of carbonyl (C=O) groups excluding carboxylic acids is 6. The zero-order valence-corrected chi connectivity index (χ0v) is 41.1. The van der Waals surface area contributed by atoms with Crippen molar-refractivity contribution in [3.63, 3.8) is 0 Å². The van der Waals surface area contributed by atoms with Crippen LogP contribution >= 0.6 is 11.8 Å². The molecule has 2 heterocycles. The van der Waals surface area contributed by atoms with Crippen molar-refractivity contribution in [1.29, 1.82) is 0 Å². The molecule has 0 spiro atoms. The van der Waals surface area contributed by atoms with Crippen LogP contribution in [0.5, 0.6) is 0 Å². The van der Waals surface area contributed by atoms with Crippen molar-refractivity contribution in [2.24, 2.45) is 22.7 Å². The van der Waals surface area contributed by atoms with Gasteiger partial charge in [0, 0.05) is 24.9 Å². The second-order valence-corrected chi connectivity index (χ2v) is 20.5. The number of nitrogens with one attached hydrogen (secondary N) is 5. The van der Waals surface area contributed by atoms with Gasteiger partial charge in [-0.05, 0) is 95.6 Å². The number of aliphatic imine (C=N–C) groups is 1. The molecule has 16 heteroatoms. The van der Waals surface area contributed by atoms with Crippen molar-refractivity contribution in [2.45, 2.75) is 149 Å². The lowest BCUT2D eigenvalue weighted by Crippen LogP contribution is -2.58. The molecule has 2 aromatic rings. The van der Waals surface area contributed by atoms with Crippen LogP contribution in [0.25, 0.3) is 0 Å². The van der Waals surface area contributed by atoms with Crippen molar-refractivity contribution >= 4 is 52.7 Å². The largest absolute Gasteiger partial charge is 0.445 e. The predicted molar refractivity (Wildman–Crippen MR) is 259 cm³/mol. The smallest absolute Gasteiger partial charge is 0.408 e. The van der Waals surface area contributed by atoms with E-state index in [1.54, 1.807) is 39.5 Å². The lowest BCUT2D eigenvalue weighted by atomic mass is 9.91. The second kappa shape index (κ2) is 26.1. The average molecular weight is 932 g/mol. The van der Waals surface area contributed by atoms with Crippen molar-refractivity contribution < 1.29 is 38.2 Å². The summed E-state index contributed by atoms with van der Waals surface area (Å²) in [5.74, 6) is -2.50. The number of amidine groups is 1. The van der Waals surface area contributed by atoms with Gasteiger partial charge in [-0.2, -0.15) is 0 Å². The molecule has 2 aliphatic rings. The topological polar surface area (TPSA) is 197 Å². The Morgan fingerprint density at radius 2 is 1.53 bits per heavy atom. The lowest BCUT2D eigenvalue weighted by molar-refractivity contribution is -0.141. The van der Waals surface area contributed by atoms with Crippen molar-refractivity contribution in [1.82, 2.24) is 31.5 Å². The van der Waals surface area contributed by atoms with Gasteiger partial charge in [0.25, 0.3) is 0 Å². The number of alkyl carbamates (subject to hydrolysis) is 2. The van der Waals surface area contributed by atoms with Gasteiger partial charge in [0.05, 0.1) is 12.0 Å². The Labute approximate surface area is 395 Å². The van der Waals surface area contributed by atoms with Crippen molar-refractivity contribution in [3.05, 3.63) is 83.4 Å². The molecule has 1 fully saturated rings. The van der Waals surface area contributed by atoms with E-state index >= 15 is 0 Å². The summed E-state index contributed by atoms with van der Waals surface area (Å²) in [5.41, 5.74) is 1.91. The molecule has 4 rings (SSSR count). The molecule has 0 bridgehead atoms. The van der Waals surface area contributed by atoms with E-state index in [1.165, 1.54) is 11.8 Å². The summed E-state index contributed by atoms with van der Waals surface area (Å²) in [6, 6.07) is 15.7. The molecule has 362 valence electrons. The molecule has 1 saturated heterocycles. The molecular formula is C50H73N7O8S. The van der Waals surface area contributed by atoms with Crippen LogP contribution in [0.3, 0.4) is 0 Å². The highest BCUT2D eigenvalue weighted by molar-refractivity contribution is 8.14. The summed E-state index contributed by atoms with van der Waals surface area (Å²) >= 11 is 1.45. The molecule has 15 nitrogen and oxygen atoms in total. The second-order valence-electron chi connectivity index (χ2n) is 19.0. The summed E-state index contributed by atoms with van der Waals surface area (Å²) in [7, 11) is 0. The molecular weight excluding hydrogens is 859 g/mol. The molecule has 5 N–H and O–H groups in total. The fraction of sp³-hybridized carbons (Fsp3) is 0.580. The van der Waals surface area contributed by atoms with Crippen LogP contribution in [0.1, 0.15) is 112 Å². The fourth-order valence-electron chi connectivity index (χ4n) is 7.80. The highest BCUT2D eigenvalue weighted by Crippen LogP contribution is 2.26. The Morgan fingerprint density at radius 1 is 0.864 bits per heavy atom. The number of hydrogen-bond acceptors (Lipinski definition) is 10. The highest BCUT2D eigenvalue weighted by Gasteiger charge is 2.39. The first-order chi connectivity index (χ1) is 31.3. The van der Waals surface area contributed by atoms with E-state index in [-0.39, 0.29) is 42.6 Å². The fourth-order valence-corrected chi connectivity index (χ4v) is 8.73. The molecule has 0 saturated carbocycles. The van der Waals surface area contributed by atoms with Gasteiger partial charge in [0.1, 0.15) is 30.3 Å². The normalized spacial score (nSPS) is 18.3. The number of thioether (sulfide) groups is 1. The molecule has 66 heavy (non-hydrogen) atoms. The number of benzene rings is 2. The summed E-state index contributed by atoms with van der Waals surface area (Å²) in [4.78, 5) is 88.3. The van der Waals surface area contributed by atoms with E-state index in [4.69, 9.17) is 9.47 Å². The Bertz CT molecular complexity index is 1990. The van der Waals surface area contributed by atoms with E-state index in [9.17, 15) is 28.8 Å². The molecule has 0 aromatic heterocycles. The van der Waals surface area contributed by atoms with Crippen LogP contribution in [-0.4, -0.2) is 101 Å². The zero-order chi connectivity index (χ0) is 48.4. The van der Waals surface area contributed by atoms with Gasteiger partial charge >= 0.3 is 12.2 Å². The minimum Gasteiger partial charge on any atom is -0.445 e. The number of amides is 6. The number of ether oxygens (including phenoxy) is 2. The predicted octanol–water partition coefficient (Wildman–Crippen LogP) is 7.05. The Balaban J connectivity index is 1.49. The first-order valence-corrected chi connectivity index (χ1v) is 24.3. The van der Waals surface area contributed by atoms with Crippen molar-refractivity contribution in [3.8, 4) is 0 Å². The van der Waals surface area contributed by atoms with Crippen LogP contribution in [0, 0.1) is 17.8 Å². The maximum absolute atomic E-state index is 14.7. The first kappa shape index (κ1) is 53.2. The van der Waals surface area contributed by atoms with E-state index in [2.05, 4.69) is 52.3 Å². The molecule has 0 radical (unpaired) electrons. The van der Waals surface area contributed by atoms with E-state index in [0.29, 0.717) is 50.4 Å². The Kier molecular flexibility index (Phi) is 21.0. The van der Waals surface area contributed by atoms with Gasteiger partial charge in [-0.15, -0.1) is 0 Å². The third-order valence-corrected chi connectivity index (χ3v) is 12.3. The summed E-state index contributed by atoms with van der Waals surface area (Å²) < 4.78 is 10.9. The summed E-state index contributed by atoms with van der Waals surface area (Å²) in [5, 5.41) is 15.2. The maximum Gasteiger partial charge on any atom is 0.408 e. The van der Waals surface area contributed by atoms with Gasteiger partial charge in [-0.1, -0.05) is 119 Å². The van der Waals surface area contributed by atoms with Gasteiger partial charge in [0.2, 0.25) is 23.6 Å². The van der Waals surface area contributed by atoms with E-state index < -0.39 is 65.6 Å². The number of nitrogens with zero attached hydrogens (tertiary/aromatic N) is 2. The highest BCUT2D eigenvalue weighted by atomic mass is 32.2. The van der Waals surface area contributed by atoms with E-state index in [0.717, 1.165) is 23.1 Å². The zero-order valence-electron chi connectivity index (χ0n) is 40.3. The van der Waals surface area contributed by atoms with Gasteiger partial charge in [-0.25, -0.2) is 9.59 Å². The third kappa shape index (κ3) is 18.1. The number of hydrogen-bond donors (Lipinski definition) is 5. The minimum absolute atomic E-state index is 0.111. The molecule has 0 aliphatic carbocycles. The van der Waals surface area contributed by atoms with Crippen LogP contribution in [-0.2, 0) is 41.7 Å². The Morgan fingerprint density at radius 3 is 2.15 bits per heavy atom. The summed E-state index contributed by atoms with van der Waals surface area (Å²) in [6.45, 7) is 18.4. The van der Waals surface area contributed by atoms with Crippen LogP contribution < -0.4 is 26.6 Å². The molecule has 6 atom stereocenters. The standard InChI is InChI=1S/C50H73N7O8S/c1-32(2)28-40(54-49(63)65-50(7,8)9)34(5)29-38(30-36-18-12-10-13-19-36)46(61)57-27-17-23-41(57)44(59)55-42(33(3)4)45(60)53-39(43(58)56-47-51-26-24-35(6)66-47)22-16-25-52-48(62)64-31-37-20-14-11-15-21-37/h10-15,18-21,29,32-33,35,38-42H,16-17,22-28,30-31H2,1-9H3,(H,52,62)(H,53,60)(H,54,63)(H,55,59)(H,51,56,58)/b34-29+/t35?,38-,39-,40-,41-,42-/m0/s1. The van der Waals surface area contributed by atoms with E-state index in [1.807, 2.05) is 73.7 Å². The monoisotopic (exact) mass is 932 g/mol. The third-order valence-electron chi connectivity index (χ3n) is 11.2. The first-order valence-electron chi connectivity index (χ1n) is 23.4. The molecule has 1 unspecified atom stereocenters. The average Bonchev–Trinajstić information content (AvgIpc) is 3.75. The Hall–Kier alpha value is -5.38.